The fraction of sp³-hybridized carbons (Fsp3) is 0.435. The van der Waals surface area contributed by atoms with Crippen molar-refractivity contribution < 1.29 is 22.7 Å². The lowest BCUT2D eigenvalue weighted by molar-refractivity contribution is 0.0924. The molecule has 1 amide bonds. The lowest BCUT2D eigenvalue weighted by atomic mass is 10.1. The van der Waals surface area contributed by atoms with E-state index in [0.29, 0.717) is 43.9 Å². The number of aryl methyl sites for hydroxylation is 2. The van der Waals surface area contributed by atoms with Crippen molar-refractivity contribution in [1.29, 1.82) is 0 Å². The summed E-state index contributed by atoms with van der Waals surface area (Å²) in [5.41, 5.74) is 2.43. The van der Waals surface area contributed by atoms with Crippen LogP contribution in [-0.2, 0) is 10.0 Å². The van der Waals surface area contributed by atoms with E-state index in [1.54, 1.807) is 36.4 Å². The minimum Gasteiger partial charge on any atom is -0.495 e. The van der Waals surface area contributed by atoms with E-state index in [4.69, 9.17) is 9.47 Å². The van der Waals surface area contributed by atoms with Gasteiger partial charge >= 0.3 is 0 Å². The van der Waals surface area contributed by atoms with Crippen LogP contribution in [0.25, 0.3) is 0 Å². The van der Waals surface area contributed by atoms with Crippen LogP contribution in [0.5, 0.6) is 11.5 Å². The molecule has 1 heterocycles. The molecule has 7 nitrogen and oxygen atoms in total. The lowest BCUT2D eigenvalue weighted by Gasteiger charge is -2.32. The van der Waals surface area contributed by atoms with Crippen LogP contribution in [0.2, 0.25) is 0 Å². The average Bonchev–Trinajstić information content (AvgIpc) is 2.76. The zero-order valence-electron chi connectivity index (χ0n) is 18.5. The number of carbonyl (C=O) groups is 1. The van der Waals surface area contributed by atoms with Crippen molar-refractivity contribution >= 4 is 15.9 Å². The Morgan fingerprint density at radius 1 is 1.10 bits per heavy atom. The summed E-state index contributed by atoms with van der Waals surface area (Å²) in [6.45, 7) is 6.97. The molecule has 0 radical (unpaired) electrons. The van der Waals surface area contributed by atoms with E-state index in [-0.39, 0.29) is 16.8 Å². The van der Waals surface area contributed by atoms with Gasteiger partial charge in [0.05, 0.1) is 13.7 Å². The van der Waals surface area contributed by atoms with Crippen molar-refractivity contribution in [2.24, 2.45) is 0 Å². The highest BCUT2D eigenvalue weighted by atomic mass is 32.2. The van der Waals surface area contributed by atoms with Crippen LogP contribution in [0.1, 0.15) is 41.3 Å². The molecule has 31 heavy (non-hydrogen) atoms. The van der Waals surface area contributed by atoms with Gasteiger partial charge in [0.15, 0.2) is 0 Å². The van der Waals surface area contributed by atoms with Crippen molar-refractivity contribution in [2.75, 3.05) is 26.8 Å². The van der Waals surface area contributed by atoms with Crippen molar-refractivity contribution in [3.63, 3.8) is 0 Å². The molecule has 168 valence electrons. The molecule has 1 aliphatic heterocycles. The summed E-state index contributed by atoms with van der Waals surface area (Å²) in [6.07, 6.45) is 1.10. The Hall–Kier alpha value is -2.58. The molecule has 0 aromatic heterocycles. The highest BCUT2D eigenvalue weighted by Gasteiger charge is 2.32. The van der Waals surface area contributed by atoms with Gasteiger partial charge in [-0.05, 0) is 81.1 Å². The summed E-state index contributed by atoms with van der Waals surface area (Å²) in [5, 5.41) is 3.01. The van der Waals surface area contributed by atoms with Crippen molar-refractivity contribution in [2.45, 2.75) is 44.6 Å². The Labute approximate surface area is 184 Å². The number of benzene rings is 2. The molecule has 0 saturated carbocycles. The zero-order chi connectivity index (χ0) is 22.6. The first-order valence-electron chi connectivity index (χ1n) is 10.5. The highest BCUT2D eigenvalue weighted by molar-refractivity contribution is 7.89. The third kappa shape index (κ3) is 5.19. The average molecular weight is 447 g/mol. The molecule has 0 bridgehead atoms. The van der Waals surface area contributed by atoms with Crippen LogP contribution in [0, 0.1) is 13.8 Å². The molecular formula is C23H30N2O5S. The number of sulfonamides is 1. The molecule has 1 N–H and O–H groups in total. The number of hydrogen-bond acceptors (Lipinski definition) is 5. The molecule has 1 saturated heterocycles. The number of methoxy groups -OCH3 is 1. The van der Waals surface area contributed by atoms with Gasteiger partial charge in [-0.2, -0.15) is 4.31 Å². The van der Waals surface area contributed by atoms with Gasteiger partial charge in [-0.1, -0.05) is 0 Å². The number of amides is 1. The molecule has 2 aromatic carbocycles. The number of rotatable bonds is 7. The standard InChI is InChI=1S/C23H30N2O5S/c1-5-30-20-8-6-18(7-9-20)23(26)24-19-10-12-25(13-11-19)31(27,28)22-15-17(3)16(2)14-21(22)29-4/h6-9,14-15,19H,5,10-13H2,1-4H3,(H,24,26). The van der Waals surface area contributed by atoms with Crippen LogP contribution >= 0.6 is 0 Å². The maximum atomic E-state index is 13.2. The number of hydrogen-bond donors (Lipinski definition) is 1. The molecule has 1 aliphatic rings. The number of nitrogens with zero attached hydrogens (tertiary/aromatic N) is 1. The summed E-state index contributed by atoms with van der Waals surface area (Å²) in [5.74, 6) is 0.911. The summed E-state index contributed by atoms with van der Waals surface area (Å²) >= 11 is 0. The second-order valence-electron chi connectivity index (χ2n) is 7.70. The molecule has 0 unspecified atom stereocenters. The van der Waals surface area contributed by atoms with Gasteiger partial charge in [-0.15, -0.1) is 0 Å². The van der Waals surface area contributed by atoms with Crippen LogP contribution in [0.3, 0.4) is 0 Å². The van der Waals surface area contributed by atoms with E-state index in [2.05, 4.69) is 5.32 Å². The predicted molar refractivity (Wildman–Crippen MR) is 119 cm³/mol. The molecule has 1 fully saturated rings. The zero-order valence-corrected chi connectivity index (χ0v) is 19.3. The second kappa shape index (κ2) is 9.70. The van der Waals surface area contributed by atoms with E-state index < -0.39 is 10.0 Å². The fourth-order valence-corrected chi connectivity index (χ4v) is 5.33. The summed E-state index contributed by atoms with van der Waals surface area (Å²) in [7, 11) is -2.20. The molecular weight excluding hydrogens is 416 g/mol. The van der Waals surface area contributed by atoms with Gasteiger partial charge in [0.1, 0.15) is 16.4 Å². The molecule has 2 aromatic rings. The summed E-state index contributed by atoms with van der Waals surface area (Å²) < 4.78 is 38.6. The van der Waals surface area contributed by atoms with Gasteiger partial charge in [-0.25, -0.2) is 8.42 Å². The molecule has 0 spiro atoms. The first kappa shape index (κ1) is 23.1. The maximum absolute atomic E-state index is 13.2. The van der Waals surface area contributed by atoms with E-state index in [9.17, 15) is 13.2 Å². The van der Waals surface area contributed by atoms with E-state index in [1.807, 2.05) is 20.8 Å². The first-order valence-corrected chi connectivity index (χ1v) is 11.9. The van der Waals surface area contributed by atoms with E-state index in [1.165, 1.54) is 11.4 Å². The van der Waals surface area contributed by atoms with Gasteiger partial charge in [0.2, 0.25) is 10.0 Å². The van der Waals surface area contributed by atoms with Crippen LogP contribution in [0.4, 0.5) is 0 Å². The molecule has 8 heteroatoms. The topological polar surface area (TPSA) is 84.9 Å². The van der Waals surface area contributed by atoms with Crippen molar-refractivity contribution in [3.8, 4) is 11.5 Å². The van der Waals surface area contributed by atoms with Crippen LogP contribution in [-0.4, -0.2) is 51.5 Å². The Balaban J connectivity index is 1.64. The monoisotopic (exact) mass is 446 g/mol. The fourth-order valence-electron chi connectivity index (χ4n) is 3.64. The predicted octanol–water partition coefficient (Wildman–Crippen LogP) is 3.29. The third-order valence-electron chi connectivity index (χ3n) is 5.61. The number of nitrogens with one attached hydrogen (secondary N) is 1. The van der Waals surface area contributed by atoms with Gasteiger partial charge in [-0.3, -0.25) is 4.79 Å². The number of carbonyl (C=O) groups excluding carboxylic acids is 1. The summed E-state index contributed by atoms with van der Waals surface area (Å²) in [4.78, 5) is 12.7. The lowest BCUT2D eigenvalue weighted by Crippen LogP contribution is -2.46. The van der Waals surface area contributed by atoms with Crippen molar-refractivity contribution in [1.82, 2.24) is 9.62 Å². The van der Waals surface area contributed by atoms with E-state index in [0.717, 1.165) is 16.9 Å². The van der Waals surface area contributed by atoms with Crippen molar-refractivity contribution in [3.05, 3.63) is 53.1 Å². The largest absolute Gasteiger partial charge is 0.495 e. The normalized spacial score (nSPS) is 15.5. The Kier molecular flexibility index (Phi) is 7.23. The van der Waals surface area contributed by atoms with E-state index >= 15 is 0 Å². The van der Waals surface area contributed by atoms with Gasteiger partial charge in [0.25, 0.3) is 5.91 Å². The second-order valence-corrected chi connectivity index (χ2v) is 9.60. The maximum Gasteiger partial charge on any atom is 0.251 e. The minimum atomic E-state index is -3.68. The summed E-state index contributed by atoms with van der Waals surface area (Å²) in [6, 6.07) is 10.3. The molecule has 3 rings (SSSR count). The molecule has 0 atom stereocenters. The Bertz CT molecular complexity index is 1030. The SMILES string of the molecule is CCOc1ccc(C(=O)NC2CCN(S(=O)(=O)c3cc(C)c(C)cc3OC)CC2)cc1. The number of ether oxygens (including phenoxy) is 2. The number of piperidine rings is 1. The Morgan fingerprint density at radius 3 is 2.29 bits per heavy atom. The van der Waals surface area contributed by atoms with Gasteiger partial charge < -0.3 is 14.8 Å². The third-order valence-corrected chi connectivity index (χ3v) is 7.53. The quantitative estimate of drug-likeness (QED) is 0.705. The first-order chi connectivity index (χ1) is 14.8. The smallest absolute Gasteiger partial charge is 0.251 e. The van der Waals surface area contributed by atoms with Crippen LogP contribution < -0.4 is 14.8 Å². The Morgan fingerprint density at radius 2 is 1.71 bits per heavy atom. The van der Waals surface area contributed by atoms with Crippen LogP contribution in [0.15, 0.2) is 41.3 Å². The molecule has 0 aliphatic carbocycles. The highest BCUT2D eigenvalue weighted by Crippen LogP contribution is 2.31. The minimum absolute atomic E-state index is 0.0767. The van der Waals surface area contributed by atoms with Gasteiger partial charge in [0, 0.05) is 24.7 Å².